The molecule has 2 amide bonds. The van der Waals surface area contributed by atoms with Gasteiger partial charge in [0.1, 0.15) is 6.04 Å². The standard InChI is InChI=1S/C21H15ClN4O6S/c22-16-8-6-13(26(29)30)10-15(16)21(28)25-18-9-7-14(33(23,31)32)11-17(18)24-20(27)19(25)12-4-2-1-3-5-12/h1-11,19H,(H,24,27)(H2,23,31,32). The molecular formula is C21H15ClN4O6S. The zero-order chi connectivity index (χ0) is 23.9. The van der Waals surface area contributed by atoms with Crippen molar-refractivity contribution in [3.63, 3.8) is 0 Å². The largest absolute Gasteiger partial charge is 0.322 e. The Kier molecular flexibility index (Phi) is 5.62. The highest BCUT2D eigenvalue weighted by Gasteiger charge is 2.39. The van der Waals surface area contributed by atoms with Crippen molar-refractivity contribution in [2.24, 2.45) is 5.14 Å². The first kappa shape index (κ1) is 22.4. The van der Waals surface area contributed by atoms with Crippen molar-refractivity contribution in [2.75, 3.05) is 10.2 Å². The number of hydrogen-bond acceptors (Lipinski definition) is 6. The van der Waals surface area contributed by atoms with E-state index in [1.54, 1.807) is 30.3 Å². The Bertz CT molecular complexity index is 1410. The van der Waals surface area contributed by atoms with Crippen LogP contribution in [0.1, 0.15) is 22.0 Å². The topological polar surface area (TPSA) is 153 Å². The summed E-state index contributed by atoms with van der Waals surface area (Å²) in [5.41, 5.74) is 0.122. The summed E-state index contributed by atoms with van der Waals surface area (Å²) in [5, 5.41) is 19.0. The lowest BCUT2D eigenvalue weighted by Crippen LogP contribution is -2.45. The number of rotatable bonds is 4. The summed E-state index contributed by atoms with van der Waals surface area (Å²) in [6.07, 6.45) is 0. The van der Waals surface area contributed by atoms with Crippen molar-refractivity contribution >= 4 is 50.5 Å². The third-order valence-electron chi connectivity index (χ3n) is 5.05. The second kappa shape index (κ2) is 8.28. The van der Waals surface area contributed by atoms with E-state index in [4.69, 9.17) is 16.7 Å². The van der Waals surface area contributed by atoms with Gasteiger partial charge in [-0.3, -0.25) is 24.6 Å². The molecule has 33 heavy (non-hydrogen) atoms. The Balaban J connectivity index is 1.93. The minimum atomic E-state index is -4.08. The summed E-state index contributed by atoms with van der Waals surface area (Å²) in [7, 11) is -4.08. The molecule has 0 saturated heterocycles. The summed E-state index contributed by atoms with van der Waals surface area (Å²) < 4.78 is 23.5. The molecule has 0 fully saturated rings. The number of anilines is 2. The van der Waals surface area contributed by atoms with Gasteiger partial charge in [-0.2, -0.15) is 0 Å². The number of primary sulfonamides is 1. The molecule has 4 rings (SSSR count). The molecule has 168 valence electrons. The highest BCUT2D eigenvalue weighted by molar-refractivity contribution is 7.89. The molecule has 1 aliphatic rings. The van der Waals surface area contributed by atoms with Crippen LogP contribution in [0.15, 0.2) is 71.6 Å². The van der Waals surface area contributed by atoms with Gasteiger partial charge in [0.2, 0.25) is 10.0 Å². The Morgan fingerprint density at radius 2 is 1.79 bits per heavy atom. The molecule has 1 heterocycles. The number of amides is 2. The van der Waals surface area contributed by atoms with Gasteiger partial charge >= 0.3 is 0 Å². The first-order valence-electron chi connectivity index (χ1n) is 9.38. The van der Waals surface area contributed by atoms with Crippen LogP contribution < -0.4 is 15.4 Å². The summed E-state index contributed by atoms with van der Waals surface area (Å²) in [6.45, 7) is 0. The summed E-state index contributed by atoms with van der Waals surface area (Å²) >= 11 is 6.19. The molecule has 3 aromatic rings. The number of nitrogens with zero attached hydrogens (tertiary/aromatic N) is 2. The number of benzene rings is 3. The predicted molar refractivity (Wildman–Crippen MR) is 121 cm³/mol. The van der Waals surface area contributed by atoms with Gasteiger partial charge in [0.25, 0.3) is 17.5 Å². The monoisotopic (exact) mass is 486 g/mol. The molecule has 0 spiro atoms. The number of nitrogens with one attached hydrogen (secondary N) is 1. The number of sulfonamides is 1. The molecule has 1 atom stereocenters. The molecule has 0 radical (unpaired) electrons. The maximum absolute atomic E-state index is 13.7. The van der Waals surface area contributed by atoms with Crippen molar-refractivity contribution in [3.8, 4) is 0 Å². The second-order valence-corrected chi connectivity index (χ2v) is 9.09. The molecule has 0 saturated carbocycles. The highest BCUT2D eigenvalue weighted by Crippen LogP contribution is 2.41. The van der Waals surface area contributed by atoms with Crippen LogP contribution in [0, 0.1) is 10.1 Å². The smallest absolute Gasteiger partial charge is 0.270 e. The third kappa shape index (κ3) is 4.16. The normalized spacial score (nSPS) is 15.5. The second-order valence-electron chi connectivity index (χ2n) is 7.12. The molecular weight excluding hydrogens is 472 g/mol. The Morgan fingerprint density at radius 3 is 2.42 bits per heavy atom. The van der Waals surface area contributed by atoms with Gasteiger partial charge in [-0.25, -0.2) is 13.6 Å². The third-order valence-corrected chi connectivity index (χ3v) is 6.29. The molecule has 12 heteroatoms. The fourth-order valence-corrected chi connectivity index (χ4v) is 4.28. The fraction of sp³-hybridized carbons (Fsp3) is 0.0476. The lowest BCUT2D eigenvalue weighted by Gasteiger charge is -2.37. The molecule has 1 unspecified atom stereocenters. The highest BCUT2D eigenvalue weighted by atomic mass is 35.5. The molecule has 1 aliphatic heterocycles. The number of halogens is 1. The minimum absolute atomic E-state index is 0.0357. The first-order valence-corrected chi connectivity index (χ1v) is 11.3. The zero-order valence-corrected chi connectivity index (χ0v) is 18.2. The van der Waals surface area contributed by atoms with E-state index in [9.17, 15) is 28.1 Å². The number of carbonyl (C=O) groups is 2. The molecule has 0 aromatic heterocycles. The molecule has 3 aromatic carbocycles. The SMILES string of the molecule is NS(=O)(=O)c1ccc2c(c1)NC(=O)C(c1ccccc1)N2C(=O)c1cc([N+](=O)[O-])ccc1Cl. The van der Waals surface area contributed by atoms with E-state index in [-0.39, 0.29) is 32.5 Å². The number of non-ortho nitro benzene ring substituents is 1. The summed E-state index contributed by atoms with van der Waals surface area (Å²) in [6, 6.07) is 14.3. The maximum atomic E-state index is 13.7. The minimum Gasteiger partial charge on any atom is -0.322 e. The van der Waals surface area contributed by atoms with Crippen molar-refractivity contribution in [1.82, 2.24) is 0 Å². The number of nitro benzene ring substituents is 1. The maximum Gasteiger partial charge on any atom is 0.270 e. The number of hydrogen-bond donors (Lipinski definition) is 2. The van der Waals surface area contributed by atoms with Gasteiger partial charge in [0.15, 0.2) is 0 Å². The van der Waals surface area contributed by atoms with Gasteiger partial charge in [-0.15, -0.1) is 0 Å². The van der Waals surface area contributed by atoms with E-state index in [0.29, 0.717) is 5.56 Å². The number of fused-ring (bicyclic) bond motifs is 1. The first-order chi connectivity index (χ1) is 15.6. The van der Waals surface area contributed by atoms with E-state index in [1.165, 1.54) is 18.2 Å². The van der Waals surface area contributed by atoms with E-state index >= 15 is 0 Å². The van der Waals surface area contributed by atoms with Crippen LogP contribution in [0.5, 0.6) is 0 Å². The van der Waals surface area contributed by atoms with E-state index < -0.39 is 32.8 Å². The summed E-state index contributed by atoms with van der Waals surface area (Å²) in [5.74, 6) is -1.40. The van der Waals surface area contributed by atoms with Crippen LogP contribution in [0.2, 0.25) is 5.02 Å². The predicted octanol–water partition coefficient (Wildman–Crippen LogP) is 3.24. The lowest BCUT2D eigenvalue weighted by molar-refractivity contribution is -0.384. The lowest BCUT2D eigenvalue weighted by atomic mass is 9.98. The van der Waals surface area contributed by atoms with Crippen LogP contribution in [-0.4, -0.2) is 25.2 Å². The van der Waals surface area contributed by atoms with Crippen LogP contribution in [0.25, 0.3) is 0 Å². The van der Waals surface area contributed by atoms with Crippen LogP contribution in [0.4, 0.5) is 17.1 Å². The van der Waals surface area contributed by atoms with E-state index in [0.717, 1.165) is 23.1 Å². The van der Waals surface area contributed by atoms with Crippen molar-refractivity contribution in [3.05, 3.63) is 93.0 Å². The average molecular weight is 487 g/mol. The van der Waals surface area contributed by atoms with Crippen molar-refractivity contribution in [2.45, 2.75) is 10.9 Å². The van der Waals surface area contributed by atoms with Crippen LogP contribution in [-0.2, 0) is 14.8 Å². The number of nitrogens with two attached hydrogens (primary N) is 1. The van der Waals surface area contributed by atoms with Gasteiger partial charge in [-0.1, -0.05) is 41.9 Å². The average Bonchev–Trinajstić information content (AvgIpc) is 2.77. The molecule has 10 nitrogen and oxygen atoms in total. The molecule has 0 aliphatic carbocycles. The Hall–Kier alpha value is -3.80. The quantitative estimate of drug-likeness (QED) is 0.426. The van der Waals surface area contributed by atoms with Crippen LogP contribution in [0.3, 0.4) is 0 Å². The van der Waals surface area contributed by atoms with Gasteiger partial charge < -0.3 is 5.32 Å². The van der Waals surface area contributed by atoms with Gasteiger partial charge in [-0.05, 0) is 29.8 Å². The fourth-order valence-electron chi connectivity index (χ4n) is 3.54. The van der Waals surface area contributed by atoms with E-state index in [2.05, 4.69) is 5.32 Å². The molecule has 0 bridgehead atoms. The summed E-state index contributed by atoms with van der Waals surface area (Å²) in [4.78, 5) is 38.2. The van der Waals surface area contributed by atoms with Crippen LogP contribution >= 0.6 is 11.6 Å². The van der Waals surface area contributed by atoms with Crippen molar-refractivity contribution < 1.29 is 22.9 Å². The Labute approximate surface area is 192 Å². The zero-order valence-electron chi connectivity index (χ0n) is 16.6. The number of nitro groups is 1. The number of carbonyl (C=O) groups excluding carboxylic acids is 2. The van der Waals surface area contributed by atoms with Gasteiger partial charge in [0, 0.05) is 12.1 Å². The van der Waals surface area contributed by atoms with E-state index in [1.807, 2.05) is 0 Å². The molecule has 3 N–H and O–H groups in total. The Morgan fingerprint density at radius 1 is 1.09 bits per heavy atom. The van der Waals surface area contributed by atoms with Gasteiger partial charge in [0.05, 0.1) is 31.8 Å². The van der Waals surface area contributed by atoms with Crippen molar-refractivity contribution in [1.29, 1.82) is 0 Å².